The normalized spacial score (nSPS) is 16.8. The summed E-state index contributed by atoms with van der Waals surface area (Å²) in [5.41, 5.74) is 2.48. The minimum absolute atomic E-state index is 0.838. The number of piperazine rings is 1. The molecule has 0 N–H and O–H groups in total. The molecule has 0 saturated carbocycles. The van der Waals surface area contributed by atoms with Crippen LogP contribution in [-0.2, 0) is 13.1 Å². The lowest BCUT2D eigenvalue weighted by Crippen LogP contribution is -2.45. The van der Waals surface area contributed by atoms with Crippen LogP contribution in [0.15, 0.2) is 42.1 Å². The summed E-state index contributed by atoms with van der Waals surface area (Å²) in [6.07, 6.45) is 9.67. The lowest BCUT2D eigenvalue weighted by Gasteiger charge is -2.34. The van der Waals surface area contributed by atoms with E-state index < -0.39 is 0 Å². The molecule has 6 heteroatoms. The van der Waals surface area contributed by atoms with Crippen LogP contribution in [0.1, 0.15) is 11.1 Å². The molecular formula is C16H21N5S. The van der Waals surface area contributed by atoms with Gasteiger partial charge in [-0.25, -0.2) is 9.97 Å². The van der Waals surface area contributed by atoms with Crippen molar-refractivity contribution in [3.8, 4) is 0 Å². The summed E-state index contributed by atoms with van der Waals surface area (Å²) in [5.74, 6) is 0. The van der Waals surface area contributed by atoms with Crippen molar-refractivity contribution < 1.29 is 0 Å². The number of aromatic nitrogens is 3. The monoisotopic (exact) mass is 315 g/mol. The van der Waals surface area contributed by atoms with Gasteiger partial charge in [-0.05, 0) is 17.9 Å². The standard InChI is InChI=1S/C16H21N5S/c1-22-16-18-10-15(11-19-16)13-21-7-5-20(6-8-21)12-14-3-2-4-17-9-14/h2-4,9-11H,5-8,12-13H2,1H3. The first kappa shape index (κ1) is 15.4. The number of pyridine rings is 1. The van der Waals surface area contributed by atoms with E-state index in [1.54, 1.807) is 11.8 Å². The number of thioether (sulfide) groups is 1. The summed E-state index contributed by atoms with van der Waals surface area (Å²) in [4.78, 5) is 17.8. The van der Waals surface area contributed by atoms with Gasteiger partial charge in [-0.15, -0.1) is 0 Å². The summed E-state index contributed by atoms with van der Waals surface area (Å²) in [5, 5.41) is 0.838. The van der Waals surface area contributed by atoms with Gasteiger partial charge in [-0.2, -0.15) is 0 Å². The van der Waals surface area contributed by atoms with E-state index in [-0.39, 0.29) is 0 Å². The number of hydrogen-bond acceptors (Lipinski definition) is 6. The fourth-order valence-corrected chi connectivity index (χ4v) is 2.96. The molecule has 22 heavy (non-hydrogen) atoms. The largest absolute Gasteiger partial charge is 0.296 e. The first-order chi connectivity index (χ1) is 10.8. The molecule has 3 rings (SSSR count). The molecule has 0 radical (unpaired) electrons. The highest BCUT2D eigenvalue weighted by Gasteiger charge is 2.17. The lowest BCUT2D eigenvalue weighted by atomic mass is 10.2. The smallest absolute Gasteiger partial charge is 0.187 e. The van der Waals surface area contributed by atoms with Crippen LogP contribution in [0, 0.1) is 0 Å². The quantitative estimate of drug-likeness (QED) is 0.620. The van der Waals surface area contributed by atoms with Gasteiger partial charge in [0.1, 0.15) is 0 Å². The van der Waals surface area contributed by atoms with Crippen molar-refractivity contribution in [1.29, 1.82) is 0 Å². The van der Waals surface area contributed by atoms with Crippen LogP contribution >= 0.6 is 11.8 Å². The Balaban J connectivity index is 1.47. The topological polar surface area (TPSA) is 45.2 Å². The average molecular weight is 315 g/mol. The van der Waals surface area contributed by atoms with Gasteiger partial charge in [0, 0.05) is 69.6 Å². The zero-order valence-electron chi connectivity index (χ0n) is 12.9. The molecule has 2 aromatic heterocycles. The van der Waals surface area contributed by atoms with Crippen molar-refractivity contribution in [3.05, 3.63) is 48.0 Å². The predicted octanol–water partition coefficient (Wildman–Crippen LogP) is 1.91. The van der Waals surface area contributed by atoms with E-state index in [9.17, 15) is 0 Å². The van der Waals surface area contributed by atoms with Crippen LogP contribution in [0.5, 0.6) is 0 Å². The van der Waals surface area contributed by atoms with Crippen molar-refractivity contribution in [2.24, 2.45) is 0 Å². The number of rotatable bonds is 5. The Labute approximate surface area is 135 Å². The van der Waals surface area contributed by atoms with E-state index in [2.05, 4.69) is 30.8 Å². The molecule has 0 atom stereocenters. The lowest BCUT2D eigenvalue weighted by molar-refractivity contribution is 0.121. The summed E-state index contributed by atoms with van der Waals surface area (Å²) in [6.45, 7) is 6.30. The highest BCUT2D eigenvalue weighted by Crippen LogP contribution is 2.12. The second-order valence-corrected chi connectivity index (χ2v) is 6.26. The van der Waals surface area contributed by atoms with Crippen molar-refractivity contribution in [1.82, 2.24) is 24.8 Å². The van der Waals surface area contributed by atoms with Crippen molar-refractivity contribution in [2.75, 3.05) is 32.4 Å². The highest BCUT2D eigenvalue weighted by atomic mass is 32.2. The SMILES string of the molecule is CSc1ncc(CN2CCN(Cc3cccnc3)CC2)cn1. The molecule has 5 nitrogen and oxygen atoms in total. The van der Waals surface area contributed by atoms with E-state index >= 15 is 0 Å². The average Bonchev–Trinajstić information content (AvgIpc) is 2.58. The molecule has 0 amide bonds. The minimum atomic E-state index is 0.838. The highest BCUT2D eigenvalue weighted by molar-refractivity contribution is 7.98. The maximum Gasteiger partial charge on any atom is 0.187 e. The third-order valence-corrected chi connectivity index (χ3v) is 4.44. The van der Waals surface area contributed by atoms with Crippen LogP contribution < -0.4 is 0 Å². The molecule has 1 aliphatic rings. The van der Waals surface area contributed by atoms with Crippen LogP contribution in [0.25, 0.3) is 0 Å². The van der Waals surface area contributed by atoms with Crippen LogP contribution in [0.3, 0.4) is 0 Å². The molecule has 0 aromatic carbocycles. The third kappa shape index (κ3) is 4.25. The molecule has 0 unspecified atom stereocenters. The first-order valence-electron chi connectivity index (χ1n) is 7.52. The van der Waals surface area contributed by atoms with Gasteiger partial charge in [-0.3, -0.25) is 14.8 Å². The van der Waals surface area contributed by atoms with E-state index in [0.717, 1.165) is 44.4 Å². The second kappa shape index (κ2) is 7.67. The fourth-order valence-electron chi connectivity index (χ4n) is 2.64. The Bertz CT molecular complexity index is 567. The van der Waals surface area contributed by atoms with Gasteiger partial charge in [0.15, 0.2) is 5.16 Å². The molecule has 3 heterocycles. The van der Waals surface area contributed by atoms with Crippen molar-refractivity contribution in [2.45, 2.75) is 18.2 Å². The van der Waals surface area contributed by atoms with Crippen molar-refractivity contribution in [3.63, 3.8) is 0 Å². The zero-order valence-corrected chi connectivity index (χ0v) is 13.7. The molecule has 2 aromatic rings. The molecule has 1 fully saturated rings. The van der Waals surface area contributed by atoms with Gasteiger partial charge in [0.2, 0.25) is 0 Å². The predicted molar refractivity (Wildman–Crippen MR) is 88.6 cm³/mol. The Kier molecular flexibility index (Phi) is 5.37. The molecule has 116 valence electrons. The van der Waals surface area contributed by atoms with Gasteiger partial charge < -0.3 is 0 Å². The maximum absolute atomic E-state index is 4.34. The Hall–Kier alpha value is -1.50. The van der Waals surface area contributed by atoms with Crippen molar-refractivity contribution >= 4 is 11.8 Å². The Morgan fingerprint density at radius 1 is 0.955 bits per heavy atom. The zero-order chi connectivity index (χ0) is 15.2. The Morgan fingerprint density at radius 3 is 2.14 bits per heavy atom. The molecule has 1 saturated heterocycles. The molecule has 0 bridgehead atoms. The number of hydrogen-bond donors (Lipinski definition) is 0. The van der Waals surface area contributed by atoms with E-state index in [0.29, 0.717) is 0 Å². The van der Waals surface area contributed by atoms with Crippen LogP contribution in [0.4, 0.5) is 0 Å². The van der Waals surface area contributed by atoms with Crippen LogP contribution in [0.2, 0.25) is 0 Å². The summed E-state index contributed by atoms with van der Waals surface area (Å²) in [6, 6.07) is 4.15. The maximum atomic E-state index is 4.34. The molecular weight excluding hydrogens is 294 g/mol. The third-order valence-electron chi connectivity index (χ3n) is 3.86. The minimum Gasteiger partial charge on any atom is -0.296 e. The van der Waals surface area contributed by atoms with E-state index in [1.165, 1.54) is 11.1 Å². The van der Waals surface area contributed by atoms with E-state index in [4.69, 9.17) is 0 Å². The van der Waals surface area contributed by atoms with Gasteiger partial charge in [-0.1, -0.05) is 17.8 Å². The molecule has 1 aliphatic heterocycles. The summed E-state index contributed by atoms with van der Waals surface area (Å²) >= 11 is 1.58. The summed E-state index contributed by atoms with van der Waals surface area (Å²) < 4.78 is 0. The van der Waals surface area contributed by atoms with Crippen LogP contribution in [-0.4, -0.2) is 57.2 Å². The van der Waals surface area contributed by atoms with Gasteiger partial charge >= 0.3 is 0 Å². The molecule has 0 spiro atoms. The van der Waals surface area contributed by atoms with Gasteiger partial charge in [0.05, 0.1) is 0 Å². The number of nitrogens with zero attached hydrogens (tertiary/aromatic N) is 5. The summed E-state index contributed by atoms with van der Waals surface area (Å²) in [7, 11) is 0. The first-order valence-corrected chi connectivity index (χ1v) is 8.74. The second-order valence-electron chi connectivity index (χ2n) is 5.49. The Morgan fingerprint density at radius 2 is 1.59 bits per heavy atom. The van der Waals surface area contributed by atoms with Gasteiger partial charge in [0.25, 0.3) is 0 Å². The fraction of sp³-hybridized carbons (Fsp3) is 0.438. The van der Waals surface area contributed by atoms with E-state index in [1.807, 2.05) is 37.1 Å². The molecule has 0 aliphatic carbocycles.